The van der Waals surface area contributed by atoms with Crippen molar-refractivity contribution in [1.29, 1.82) is 0 Å². The highest BCUT2D eigenvalue weighted by Gasteiger charge is 2.50. The lowest BCUT2D eigenvalue weighted by molar-refractivity contribution is -0.0588. The molecule has 92 valence electrons. The van der Waals surface area contributed by atoms with E-state index in [4.69, 9.17) is 10.5 Å². The van der Waals surface area contributed by atoms with Crippen LogP contribution in [-0.4, -0.2) is 46.5 Å². The Morgan fingerprint density at radius 2 is 2.35 bits per heavy atom. The molecule has 6 heteroatoms. The van der Waals surface area contributed by atoms with E-state index in [1.165, 1.54) is 0 Å². The molecule has 0 amide bonds. The zero-order valence-corrected chi connectivity index (χ0v) is 9.54. The minimum Gasteiger partial charge on any atom is -0.387 e. The molecule has 2 fully saturated rings. The number of hydrogen-bond acceptors (Lipinski definition) is 6. The van der Waals surface area contributed by atoms with Gasteiger partial charge in [0, 0.05) is 19.3 Å². The Labute approximate surface area is 99.4 Å². The van der Waals surface area contributed by atoms with E-state index in [0.717, 1.165) is 25.2 Å². The molecule has 0 bridgehead atoms. The molecule has 1 saturated heterocycles. The second kappa shape index (κ2) is 3.82. The van der Waals surface area contributed by atoms with Crippen LogP contribution in [0.15, 0.2) is 12.3 Å². The van der Waals surface area contributed by atoms with Crippen molar-refractivity contribution in [1.82, 2.24) is 9.97 Å². The van der Waals surface area contributed by atoms with Crippen LogP contribution in [0.25, 0.3) is 0 Å². The number of ether oxygens (including phenoxy) is 1. The van der Waals surface area contributed by atoms with Crippen molar-refractivity contribution in [3.05, 3.63) is 12.3 Å². The molecule has 0 spiro atoms. The van der Waals surface area contributed by atoms with Crippen LogP contribution in [0.1, 0.15) is 12.8 Å². The summed E-state index contributed by atoms with van der Waals surface area (Å²) in [7, 11) is 0. The third-order valence-electron chi connectivity index (χ3n) is 3.41. The summed E-state index contributed by atoms with van der Waals surface area (Å²) in [6.07, 6.45) is 3.19. The predicted molar refractivity (Wildman–Crippen MR) is 62.6 cm³/mol. The Bertz CT molecular complexity index is 422. The maximum Gasteiger partial charge on any atom is 0.221 e. The molecule has 1 aromatic heterocycles. The molecule has 2 heterocycles. The van der Waals surface area contributed by atoms with Gasteiger partial charge in [-0.15, -0.1) is 0 Å². The van der Waals surface area contributed by atoms with Crippen LogP contribution in [-0.2, 0) is 4.74 Å². The van der Waals surface area contributed by atoms with Crippen LogP contribution >= 0.6 is 0 Å². The van der Waals surface area contributed by atoms with Crippen molar-refractivity contribution in [2.45, 2.75) is 24.5 Å². The second-order valence-corrected chi connectivity index (χ2v) is 4.68. The zero-order valence-electron chi connectivity index (χ0n) is 9.54. The lowest BCUT2D eigenvalue weighted by Crippen LogP contribution is -2.49. The first kappa shape index (κ1) is 10.7. The number of nitrogens with zero attached hydrogens (tertiary/aromatic N) is 3. The standard InChI is InChI=1S/C11H16N4O2/c12-10-13-4-1-9(14-10)15-5-6-17-8(7-15)11(16)2-3-11/h1,4,8,16H,2-3,5-7H2,(H2,12,13,14). The van der Waals surface area contributed by atoms with Gasteiger partial charge < -0.3 is 20.5 Å². The molecule has 6 nitrogen and oxygen atoms in total. The summed E-state index contributed by atoms with van der Waals surface area (Å²) >= 11 is 0. The van der Waals surface area contributed by atoms with Crippen molar-refractivity contribution < 1.29 is 9.84 Å². The van der Waals surface area contributed by atoms with Gasteiger partial charge in [-0.25, -0.2) is 4.98 Å². The molecule has 1 aliphatic heterocycles. The summed E-state index contributed by atoms with van der Waals surface area (Å²) in [5.74, 6) is 1.07. The van der Waals surface area contributed by atoms with E-state index < -0.39 is 5.60 Å². The van der Waals surface area contributed by atoms with E-state index in [2.05, 4.69) is 14.9 Å². The molecule has 3 rings (SSSR count). The number of anilines is 2. The highest BCUT2D eigenvalue weighted by Crippen LogP contribution is 2.41. The Morgan fingerprint density at radius 1 is 1.53 bits per heavy atom. The molecule has 2 aliphatic rings. The van der Waals surface area contributed by atoms with Crippen LogP contribution in [0.2, 0.25) is 0 Å². The zero-order chi connectivity index (χ0) is 11.9. The second-order valence-electron chi connectivity index (χ2n) is 4.68. The average molecular weight is 236 g/mol. The Balaban J connectivity index is 1.75. The predicted octanol–water partition coefficient (Wildman–Crippen LogP) is -0.211. The largest absolute Gasteiger partial charge is 0.387 e. The highest BCUT2D eigenvalue weighted by atomic mass is 16.5. The number of hydrogen-bond donors (Lipinski definition) is 2. The van der Waals surface area contributed by atoms with E-state index in [1.54, 1.807) is 6.20 Å². The van der Waals surface area contributed by atoms with Gasteiger partial charge in [0.05, 0.1) is 12.2 Å². The molecular weight excluding hydrogens is 220 g/mol. The quantitative estimate of drug-likeness (QED) is 0.739. The fourth-order valence-corrected chi connectivity index (χ4v) is 2.17. The van der Waals surface area contributed by atoms with Crippen LogP contribution in [0.3, 0.4) is 0 Å². The Morgan fingerprint density at radius 3 is 3.06 bits per heavy atom. The minimum atomic E-state index is -0.614. The van der Waals surface area contributed by atoms with Crippen LogP contribution in [0.5, 0.6) is 0 Å². The molecule has 1 unspecified atom stereocenters. The van der Waals surface area contributed by atoms with E-state index in [1.807, 2.05) is 6.07 Å². The van der Waals surface area contributed by atoms with Crippen molar-refractivity contribution in [2.75, 3.05) is 30.3 Å². The van der Waals surface area contributed by atoms with E-state index in [9.17, 15) is 5.11 Å². The van der Waals surface area contributed by atoms with Gasteiger partial charge in [0.2, 0.25) is 5.95 Å². The maximum absolute atomic E-state index is 10.1. The van der Waals surface area contributed by atoms with Gasteiger partial charge in [-0.1, -0.05) is 0 Å². The third kappa shape index (κ3) is 2.05. The molecule has 0 radical (unpaired) electrons. The van der Waals surface area contributed by atoms with E-state index >= 15 is 0 Å². The normalized spacial score (nSPS) is 26.9. The van der Waals surface area contributed by atoms with Gasteiger partial charge in [-0.2, -0.15) is 4.98 Å². The SMILES string of the molecule is Nc1nccc(N2CCOC(C3(O)CC3)C2)n1. The van der Waals surface area contributed by atoms with E-state index in [-0.39, 0.29) is 12.1 Å². The lowest BCUT2D eigenvalue weighted by atomic mass is 10.1. The number of aliphatic hydroxyl groups is 1. The fraction of sp³-hybridized carbons (Fsp3) is 0.636. The van der Waals surface area contributed by atoms with Crippen LogP contribution < -0.4 is 10.6 Å². The van der Waals surface area contributed by atoms with Crippen molar-refractivity contribution >= 4 is 11.8 Å². The summed E-state index contributed by atoms with van der Waals surface area (Å²) in [5.41, 5.74) is 4.95. The van der Waals surface area contributed by atoms with Crippen molar-refractivity contribution in [3.63, 3.8) is 0 Å². The first-order valence-corrected chi connectivity index (χ1v) is 5.85. The molecular formula is C11H16N4O2. The molecule has 1 atom stereocenters. The fourth-order valence-electron chi connectivity index (χ4n) is 2.17. The Hall–Kier alpha value is -1.40. The summed E-state index contributed by atoms with van der Waals surface area (Å²) in [5, 5.41) is 10.1. The summed E-state index contributed by atoms with van der Waals surface area (Å²) in [6, 6.07) is 1.83. The highest BCUT2D eigenvalue weighted by molar-refractivity contribution is 5.41. The topological polar surface area (TPSA) is 84.5 Å². The molecule has 1 aliphatic carbocycles. The van der Waals surface area contributed by atoms with Gasteiger partial charge in [0.25, 0.3) is 0 Å². The molecule has 1 saturated carbocycles. The van der Waals surface area contributed by atoms with Crippen molar-refractivity contribution in [3.8, 4) is 0 Å². The monoisotopic (exact) mass is 236 g/mol. The van der Waals surface area contributed by atoms with Gasteiger partial charge in [0.1, 0.15) is 11.9 Å². The molecule has 17 heavy (non-hydrogen) atoms. The van der Waals surface area contributed by atoms with Crippen LogP contribution in [0.4, 0.5) is 11.8 Å². The van der Waals surface area contributed by atoms with Crippen LogP contribution in [0, 0.1) is 0 Å². The number of nitrogen functional groups attached to an aromatic ring is 1. The molecule has 1 aromatic rings. The summed E-state index contributed by atoms with van der Waals surface area (Å²) in [4.78, 5) is 10.1. The number of morpholine rings is 1. The average Bonchev–Trinajstić information content (AvgIpc) is 3.09. The van der Waals surface area contributed by atoms with Gasteiger partial charge in [-0.3, -0.25) is 0 Å². The van der Waals surface area contributed by atoms with Crippen molar-refractivity contribution in [2.24, 2.45) is 0 Å². The smallest absolute Gasteiger partial charge is 0.221 e. The lowest BCUT2D eigenvalue weighted by Gasteiger charge is -2.36. The van der Waals surface area contributed by atoms with Gasteiger partial charge in [0.15, 0.2) is 0 Å². The minimum absolute atomic E-state index is 0.118. The molecule has 0 aromatic carbocycles. The first-order chi connectivity index (χ1) is 8.17. The van der Waals surface area contributed by atoms with E-state index in [0.29, 0.717) is 13.2 Å². The maximum atomic E-state index is 10.1. The van der Waals surface area contributed by atoms with Gasteiger partial charge >= 0.3 is 0 Å². The third-order valence-corrected chi connectivity index (χ3v) is 3.41. The number of rotatable bonds is 2. The Kier molecular flexibility index (Phi) is 2.41. The number of nitrogens with two attached hydrogens (primary N) is 1. The first-order valence-electron chi connectivity index (χ1n) is 5.85. The van der Waals surface area contributed by atoms with Gasteiger partial charge in [-0.05, 0) is 18.9 Å². The molecule has 3 N–H and O–H groups in total. The summed E-state index contributed by atoms with van der Waals surface area (Å²) < 4.78 is 5.62. The number of aromatic nitrogens is 2. The summed E-state index contributed by atoms with van der Waals surface area (Å²) in [6.45, 7) is 2.03.